The van der Waals surface area contributed by atoms with Crippen molar-refractivity contribution in [2.45, 2.75) is 12.8 Å². The molecule has 11 heteroatoms. The lowest BCUT2D eigenvalue weighted by Gasteiger charge is -2.28. The van der Waals surface area contributed by atoms with E-state index in [2.05, 4.69) is 15.3 Å². The van der Waals surface area contributed by atoms with E-state index in [0.29, 0.717) is 18.7 Å². The van der Waals surface area contributed by atoms with Gasteiger partial charge in [0.05, 0.1) is 18.7 Å². The second kappa shape index (κ2) is 8.78. The Bertz CT molecular complexity index is 990. The van der Waals surface area contributed by atoms with E-state index in [1.165, 1.54) is 38.1 Å². The van der Waals surface area contributed by atoms with Gasteiger partial charge in [0.15, 0.2) is 5.96 Å². The number of ether oxygens (including phenoxy) is 1. The van der Waals surface area contributed by atoms with Crippen molar-refractivity contribution in [1.82, 2.24) is 20.2 Å². The summed E-state index contributed by atoms with van der Waals surface area (Å²) in [6, 6.07) is 3.79. The Morgan fingerprint density at radius 2 is 2.07 bits per heavy atom. The van der Waals surface area contributed by atoms with Crippen molar-refractivity contribution >= 4 is 29.4 Å². The minimum Gasteiger partial charge on any atom is -0.479 e. The molecule has 2 N–H and O–H groups in total. The highest BCUT2D eigenvalue weighted by molar-refractivity contribution is 6.31. The maximum absolute atomic E-state index is 14.1. The minimum atomic E-state index is -0.844. The van der Waals surface area contributed by atoms with Crippen LogP contribution < -0.4 is 15.0 Å². The van der Waals surface area contributed by atoms with Gasteiger partial charge in [-0.1, -0.05) is 17.7 Å². The van der Waals surface area contributed by atoms with Gasteiger partial charge in [-0.15, -0.1) is 0 Å². The number of likely N-dealkylation sites (N-methyl/N-ethyl adjacent to an activating group) is 1. The molecule has 30 heavy (non-hydrogen) atoms. The van der Waals surface area contributed by atoms with E-state index < -0.39 is 23.5 Å². The lowest BCUT2D eigenvalue weighted by Crippen LogP contribution is -2.44. The average molecular weight is 439 g/mol. The Kier molecular flexibility index (Phi) is 6.35. The highest BCUT2D eigenvalue weighted by atomic mass is 35.5. The number of nitrogens with zero attached hydrogens (tertiary/aromatic N) is 4. The highest BCUT2D eigenvalue weighted by Crippen LogP contribution is 2.30. The number of benzene rings is 1. The molecule has 1 aromatic heterocycles. The number of aryl methyl sites for hydroxylation is 1. The number of rotatable bonds is 3. The number of carbonyl (C=O) groups excluding carboxylic acids is 1. The predicted molar refractivity (Wildman–Crippen MR) is 108 cm³/mol. The number of aromatic nitrogens is 2. The van der Waals surface area contributed by atoms with Crippen molar-refractivity contribution < 1.29 is 18.3 Å². The SMILES string of the molecule is COc1nc(N2CCNC(=N)N(C)C(=O)[C@@H](c3ccc(F)cc3Cl)C2)nc(C)c1F. The van der Waals surface area contributed by atoms with E-state index >= 15 is 0 Å². The van der Waals surface area contributed by atoms with E-state index in [9.17, 15) is 13.6 Å². The van der Waals surface area contributed by atoms with Gasteiger partial charge < -0.3 is 15.0 Å². The van der Waals surface area contributed by atoms with Gasteiger partial charge in [0.25, 0.3) is 5.88 Å². The number of carbonyl (C=O) groups is 1. The monoisotopic (exact) mass is 438 g/mol. The molecule has 1 amide bonds. The van der Waals surface area contributed by atoms with Crippen molar-refractivity contribution in [2.75, 3.05) is 38.7 Å². The van der Waals surface area contributed by atoms with Crippen LogP contribution in [0.25, 0.3) is 0 Å². The standard InChI is InChI=1S/C19H21ClF2N6O2/c1-10-15(22)16(30-3)26-19(25-10)28-7-6-24-18(23)27(2)17(29)13(9-28)12-5-4-11(21)8-14(12)20/h4-5,8,13H,6-7,9H2,1-3H3,(H2,23,24)/t13-/m1/s1. The second-order valence-corrected chi connectivity index (χ2v) is 7.18. The van der Waals surface area contributed by atoms with E-state index in [1.807, 2.05) is 0 Å². The smallest absolute Gasteiger partial charge is 0.255 e. The first-order valence-corrected chi connectivity index (χ1v) is 9.48. The predicted octanol–water partition coefficient (Wildman–Crippen LogP) is 2.31. The summed E-state index contributed by atoms with van der Waals surface area (Å²) in [6.45, 7) is 2.19. The number of halogens is 3. The summed E-state index contributed by atoms with van der Waals surface area (Å²) in [7, 11) is 2.77. The van der Waals surface area contributed by atoms with E-state index in [-0.39, 0.29) is 35.0 Å². The lowest BCUT2D eigenvalue weighted by atomic mass is 9.96. The number of guanidine groups is 1. The summed E-state index contributed by atoms with van der Waals surface area (Å²) in [5.41, 5.74) is 0.498. The summed E-state index contributed by atoms with van der Waals surface area (Å²) in [6.07, 6.45) is 0. The van der Waals surface area contributed by atoms with Crippen LogP contribution >= 0.6 is 11.6 Å². The van der Waals surface area contributed by atoms with Crippen LogP contribution in [0, 0.1) is 24.0 Å². The zero-order chi connectivity index (χ0) is 22.0. The molecule has 0 bridgehead atoms. The maximum Gasteiger partial charge on any atom is 0.255 e. The summed E-state index contributed by atoms with van der Waals surface area (Å²) in [5.74, 6) is -2.58. The number of methoxy groups -OCH3 is 1. The van der Waals surface area contributed by atoms with Crippen LogP contribution in [0.3, 0.4) is 0 Å². The molecule has 3 rings (SSSR count). The molecule has 1 aliphatic rings. The molecule has 0 unspecified atom stereocenters. The Balaban J connectivity index is 2.08. The Hall–Kier alpha value is -3.01. The molecule has 2 aromatic rings. The van der Waals surface area contributed by atoms with E-state index in [0.717, 1.165) is 6.07 Å². The Morgan fingerprint density at radius 3 is 2.73 bits per heavy atom. The molecule has 8 nitrogen and oxygen atoms in total. The number of anilines is 1. The van der Waals surface area contributed by atoms with Gasteiger partial charge in [-0.05, 0) is 24.6 Å². The van der Waals surface area contributed by atoms with Crippen molar-refractivity contribution in [3.05, 3.63) is 46.1 Å². The molecule has 1 aliphatic heterocycles. The topological polar surface area (TPSA) is 94.4 Å². The molecule has 1 saturated heterocycles. The van der Waals surface area contributed by atoms with Gasteiger partial charge in [0, 0.05) is 31.7 Å². The molecule has 1 atom stereocenters. The molecule has 160 valence electrons. The van der Waals surface area contributed by atoms with Crippen LogP contribution in [0.5, 0.6) is 5.88 Å². The molecule has 1 fully saturated rings. The zero-order valence-corrected chi connectivity index (χ0v) is 17.4. The van der Waals surface area contributed by atoms with Gasteiger partial charge in [0.1, 0.15) is 5.82 Å². The fourth-order valence-corrected chi connectivity index (χ4v) is 3.45. The zero-order valence-electron chi connectivity index (χ0n) is 16.7. The van der Waals surface area contributed by atoms with E-state index in [4.69, 9.17) is 21.7 Å². The average Bonchev–Trinajstić information content (AvgIpc) is 2.76. The third-order valence-corrected chi connectivity index (χ3v) is 5.16. The lowest BCUT2D eigenvalue weighted by molar-refractivity contribution is -0.127. The minimum absolute atomic E-state index is 0.0811. The quantitative estimate of drug-likeness (QED) is 0.763. The Labute approximate surface area is 177 Å². The third-order valence-electron chi connectivity index (χ3n) is 4.83. The van der Waals surface area contributed by atoms with Crippen LogP contribution in [0.1, 0.15) is 17.2 Å². The summed E-state index contributed by atoms with van der Waals surface area (Å²) in [4.78, 5) is 24.3. The molecule has 0 aliphatic carbocycles. The van der Waals surface area contributed by atoms with Crippen molar-refractivity contribution in [1.29, 1.82) is 5.41 Å². The number of hydrogen-bond acceptors (Lipinski definition) is 6. The fraction of sp³-hybridized carbons (Fsp3) is 0.368. The largest absolute Gasteiger partial charge is 0.479 e. The molecular weight excluding hydrogens is 418 g/mol. The molecule has 0 radical (unpaired) electrons. The van der Waals surface area contributed by atoms with Gasteiger partial charge in [-0.25, -0.2) is 9.37 Å². The van der Waals surface area contributed by atoms with E-state index in [1.54, 1.807) is 4.90 Å². The first-order chi connectivity index (χ1) is 14.2. The Morgan fingerprint density at radius 1 is 1.33 bits per heavy atom. The van der Waals surface area contributed by atoms with Gasteiger partial charge >= 0.3 is 0 Å². The summed E-state index contributed by atoms with van der Waals surface area (Å²) in [5, 5.41) is 11.0. The van der Waals surface area contributed by atoms with Gasteiger partial charge in [-0.2, -0.15) is 9.37 Å². The number of nitrogens with one attached hydrogen (secondary N) is 2. The van der Waals surface area contributed by atoms with Crippen LogP contribution in [0.4, 0.5) is 14.7 Å². The molecule has 0 saturated carbocycles. The third kappa shape index (κ3) is 4.28. The fourth-order valence-electron chi connectivity index (χ4n) is 3.15. The molecular formula is C19H21ClF2N6O2. The number of hydrogen-bond donors (Lipinski definition) is 2. The van der Waals surface area contributed by atoms with Gasteiger partial charge in [0.2, 0.25) is 17.7 Å². The summed E-state index contributed by atoms with van der Waals surface area (Å²) < 4.78 is 32.7. The highest BCUT2D eigenvalue weighted by Gasteiger charge is 2.32. The van der Waals surface area contributed by atoms with Crippen molar-refractivity contribution in [3.63, 3.8) is 0 Å². The van der Waals surface area contributed by atoms with Crippen LogP contribution in [-0.2, 0) is 4.79 Å². The van der Waals surface area contributed by atoms with Gasteiger partial charge in [-0.3, -0.25) is 15.1 Å². The first-order valence-electron chi connectivity index (χ1n) is 9.11. The molecule has 0 spiro atoms. The van der Waals surface area contributed by atoms with Crippen LogP contribution in [0.2, 0.25) is 5.02 Å². The van der Waals surface area contributed by atoms with Crippen LogP contribution in [0.15, 0.2) is 18.2 Å². The van der Waals surface area contributed by atoms with Crippen LogP contribution in [-0.4, -0.2) is 60.5 Å². The molecule has 1 aromatic carbocycles. The summed E-state index contributed by atoms with van der Waals surface area (Å²) >= 11 is 6.24. The number of amides is 1. The van der Waals surface area contributed by atoms with Crippen molar-refractivity contribution in [3.8, 4) is 5.88 Å². The normalized spacial score (nSPS) is 17.9. The van der Waals surface area contributed by atoms with Crippen molar-refractivity contribution in [2.24, 2.45) is 0 Å². The molecule has 2 heterocycles. The maximum atomic E-state index is 14.1. The second-order valence-electron chi connectivity index (χ2n) is 6.77. The first kappa shape index (κ1) is 21.7.